The largest absolute Gasteiger partial charge is 0.340 e. The van der Waals surface area contributed by atoms with Gasteiger partial charge in [-0.3, -0.25) is 14.6 Å². The molecule has 0 bridgehead atoms. The van der Waals surface area contributed by atoms with Crippen LogP contribution in [0.25, 0.3) is 0 Å². The fourth-order valence-electron chi connectivity index (χ4n) is 2.86. The number of hydrogen-bond acceptors (Lipinski definition) is 4. The number of anilines is 1. The molecule has 1 aliphatic rings. The fourth-order valence-corrected chi connectivity index (χ4v) is 2.86. The zero-order valence-electron chi connectivity index (χ0n) is 14.2. The second-order valence-corrected chi connectivity index (χ2v) is 6.11. The number of aromatic nitrogens is 1. The minimum Gasteiger partial charge on any atom is -0.340 e. The van der Waals surface area contributed by atoms with Gasteiger partial charge in [-0.1, -0.05) is 12.1 Å². The van der Waals surface area contributed by atoms with Crippen molar-refractivity contribution >= 4 is 17.5 Å². The van der Waals surface area contributed by atoms with Crippen LogP contribution in [0.1, 0.15) is 28.8 Å². The molecule has 2 heterocycles. The van der Waals surface area contributed by atoms with E-state index in [0.29, 0.717) is 11.3 Å². The second kappa shape index (κ2) is 7.90. The number of carbonyl (C=O) groups excluding carboxylic acids is 2. The summed E-state index contributed by atoms with van der Waals surface area (Å²) in [5.74, 6) is -0.249. The molecule has 1 aromatic heterocycles. The van der Waals surface area contributed by atoms with Gasteiger partial charge in [-0.15, -0.1) is 0 Å². The number of carbonyl (C=O) groups is 2. The van der Waals surface area contributed by atoms with Crippen molar-refractivity contribution in [2.75, 3.05) is 31.5 Å². The van der Waals surface area contributed by atoms with Crippen LogP contribution < -0.4 is 10.6 Å². The topological polar surface area (TPSA) is 74.3 Å². The summed E-state index contributed by atoms with van der Waals surface area (Å²) in [6, 6.07) is 10.9. The van der Waals surface area contributed by atoms with Gasteiger partial charge < -0.3 is 15.5 Å². The maximum Gasteiger partial charge on any atom is 0.257 e. The number of benzene rings is 1. The highest BCUT2D eigenvalue weighted by Gasteiger charge is 2.23. The number of piperazine rings is 1. The van der Waals surface area contributed by atoms with Crippen molar-refractivity contribution in [3.63, 3.8) is 0 Å². The summed E-state index contributed by atoms with van der Waals surface area (Å²) in [4.78, 5) is 30.5. The molecule has 1 saturated heterocycles. The van der Waals surface area contributed by atoms with E-state index in [9.17, 15) is 9.59 Å². The fraction of sp³-hybridized carbons (Fsp3) is 0.316. The molecule has 1 unspecified atom stereocenters. The van der Waals surface area contributed by atoms with Gasteiger partial charge in [0, 0.05) is 44.3 Å². The van der Waals surface area contributed by atoms with E-state index >= 15 is 0 Å². The monoisotopic (exact) mass is 338 g/mol. The van der Waals surface area contributed by atoms with E-state index in [1.165, 1.54) is 6.20 Å². The Hall–Kier alpha value is -2.73. The molecule has 2 amide bonds. The molecule has 1 atom stereocenters. The van der Waals surface area contributed by atoms with Crippen LogP contribution in [0.2, 0.25) is 0 Å². The van der Waals surface area contributed by atoms with Crippen LogP contribution >= 0.6 is 0 Å². The molecule has 2 aromatic rings. The van der Waals surface area contributed by atoms with Gasteiger partial charge in [-0.05, 0) is 36.8 Å². The maximum atomic E-state index is 12.6. The number of nitrogens with one attached hydrogen (secondary N) is 2. The molecule has 0 saturated carbocycles. The van der Waals surface area contributed by atoms with Crippen LogP contribution in [-0.4, -0.2) is 47.9 Å². The second-order valence-electron chi connectivity index (χ2n) is 6.11. The lowest BCUT2D eigenvalue weighted by Gasteiger charge is -2.30. The van der Waals surface area contributed by atoms with Gasteiger partial charge in [-0.25, -0.2) is 0 Å². The van der Waals surface area contributed by atoms with Crippen molar-refractivity contribution in [3.05, 3.63) is 59.9 Å². The summed E-state index contributed by atoms with van der Waals surface area (Å²) in [6.45, 7) is 5.12. The first-order valence-electron chi connectivity index (χ1n) is 8.46. The Labute approximate surface area is 147 Å². The molecule has 25 heavy (non-hydrogen) atoms. The molecule has 6 nitrogen and oxygen atoms in total. The Balaban J connectivity index is 1.63. The Bertz CT molecular complexity index is 725. The predicted octanol–water partition coefficient (Wildman–Crippen LogP) is 1.87. The van der Waals surface area contributed by atoms with Crippen LogP contribution in [0, 0.1) is 0 Å². The average molecular weight is 338 g/mol. The zero-order chi connectivity index (χ0) is 17.6. The van der Waals surface area contributed by atoms with Gasteiger partial charge in [-0.2, -0.15) is 0 Å². The van der Waals surface area contributed by atoms with Gasteiger partial charge in [0.15, 0.2) is 0 Å². The van der Waals surface area contributed by atoms with E-state index < -0.39 is 0 Å². The maximum absolute atomic E-state index is 12.6. The van der Waals surface area contributed by atoms with Crippen molar-refractivity contribution in [1.82, 2.24) is 15.2 Å². The summed E-state index contributed by atoms with van der Waals surface area (Å²) in [5, 5.41) is 6.08. The number of hydrogen-bond donors (Lipinski definition) is 2. The zero-order valence-corrected chi connectivity index (χ0v) is 14.2. The van der Waals surface area contributed by atoms with E-state index in [1.54, 1.807) is 18.3 Å². The Morgan fingerprint density at radius 2 is 1.88 bits per heavy atom. The lowest BCUT2D eigenvalue weighted by Crippen LogP contribution is -2.47. The van der Waals surface area contributed by atoms with Crippen molar-refractivity contribution in [3.8, 4) is 0 Å². The molecule has 0 aliphatic carbocycles. The van der Waals surface area contributed by atoms with Crippen molar-refractivity contribution < 1.29 is 9.59 Å². The lowest BCUT2D eigenvalue weighted by molar-refractivity contribution is -0.133. The van der Waals surface area contributed by atoms with Crippen LogP contribution in [0.3, 0.4) is 0 Å². The molecule has 2 N–H and O–H groups in total. The summed E-state index contributed by atoms with van der Waals surface area (Å²) in [6.07, 6.45) is 3.15. The predicted molar refractivity (Wildman–Crippen MR) is 96.5 cm³/mol. The minimum absolute atomic E-state index is 0.147. The van der Waals surface area contributed by atoms with Crippen LogP contribution in [0.15, 0.2) is 48.8 Å². The van der Waals surface area contributed by atoms with E-state index in [2.05, 4.69) is 15.6 Å². The quantitative estimate of drug-likeness (QED) is 0.892. The summed E-state index contributed by atoms with van der Waals surface area (Å²) in [5.41, 5.74) is 2.15. The normalized spacial score (nSPS) is 15.5. The smallest absolute Gasteiger partial charge is 0.257 e. The molecule has 1 aliphatic heterocycles. The highest BCUT2D eigenvalue weighted by Crippen LogP contribution is 2.21. The van der Waals surface area contributed by atoms with E-state index in [4.69, 9.17) is 0 Å². The standard InChI is InChI=1S/C19H22N4O2/c1-14(19(25)23-11-9-20-10-12-23)15-4-6-17(7-5-15)22-18(24)16-3-2-8-21-13-16/h2-8,13-14,20H,9-12H2,1H3,(H,22,24). The van der Waals surface area contributed by atoms with Gasteiger partial charge in [0.05, 0.1) is 11.5 Å². The lowest BCUT2D eigenvalue weighted by atomic mass is 9.99. The average Bonchev–Trinajstić information content (AvgIpc) is 2.69. The molecule has 0 spiro atoms. The molecular formula is C19H22N4O2. The van der Waals surface area contributed by atoms with Crippen molar-refractivity contribution in [1.29, 1.82) is 0 Å². The first-order chi connectivity index (χ1) is 12.1. The van der Waals surface area contributed by atoms with Gasteiger partial charge in [0.25, 0.3) is 5.91 Å². The summed E-state index contributed by atoms with van der Waals surface area (Å²) < 4.78 is 0. The Kier molecular flexibility index (Phi) is 5.40. The molecule has 1 aromatic carbocycles. The molecule has 6 heteroatoms. The van der Waals surface area contributed by atoms with Crippen LogP contribution in [0.4, 0.5) is 5.69 Å². The first kappa shape index (κ1) is 17.1. The number of amides is 2. The minimum atomic E-state index is -0.203. The molecule has 1 fully saturated rings. The molecular weight excluding hydrogens is 316 g/mol. The van der Waals surface area contributed by atoms with Crippen LogP contribution in [0.5, 0.6) is 0 Å². The van der Waals surface area contributed by atoms with E-state index in [1.807, 2.05) is 36.1 Å². The number of nitrogens with zero attached hydrogens (tertiary/aromatic N) is 2. The van der Waals surface area contributed by atoms with Crippen molar-refractivity contribution in [2.45, 2.75) is 12.8 Å². The molecule has 130 valence electrons. The number of rotatable bonds is 4. The summed E-state index contributed by atoms with van der Waals surface area (Å²) in [7, 11) is 0. The Morgan fingerprint density at radius 1 is 1.16 bits per heavy atom. The van der Waals surface area contributed by atoms with E-state index in [0.717, 1.165) is 31.7 Å². The molecule has 0 radical (unpaired) electrons. The highest BCUT2D eigenvalue weighted by atomic mass is 16.2. The number of pyridine rings is 1. The summed E-state index contributed by atoms with van der Waals surface area (Å²) >= 11 is 0. The van der Waals surface area contributed by atoms with Crippen molar-refractivity contribution in [2.24, 2.45) is 0 Å². The third-order valence-corrected chi connectivity index (χ3v) is 4.39. The van der Waals surface area contributed by atoms with Gasteiger partial charge in [0.1, 0.15) is 0 Å². The third-order valence-electron chi connectivity index (χ3n) is 4.39. The van der Waals surface area contributed by atoms with E-state index in [-0.39, 0.29) is 17.7 Å². The Morgan fingerprint density at radius 3 is 2.52 bits per heavy atom. The third kappa shape index (κ3) is 4.22. The van der Waals surface area contributed by atoms with Gasteiger partial charge in [0.2, 0.25) is 5.91 Å². The SMILES string of the molecule is CC(C(=O)N1CCNCC1)c1ccc(NC(=O)c2cccnc2)cc1. The van der Waals surface area contributed by atoms with Crippen LogP contribution in [-0.2, 0) is 4.79 Å². The molecule has 3 rings (SSSR count). The first-order valence-corrected chi connectivity index (χ1v) is 8.46. The van der Waals surface area contributed by atoms with Gasteiger partial charge >= 0.3 is 0 Å². The highest BCUT2D eigenvalue weighted by molar-refractivity contribution is 6.04.